The highest BCUT2D eigenvalue weighted by atomic mass is 32.2. The zero-order chi connectivity index (χ0) is 9.84. The molecule has 6 heteroatoms. The number of thioether (sulfide) groups is 1. The molecule has 0 aliphatic carbocycles. The highest BCUT2D eigenvalue weighted by Gasteiger charge is 2.19. The quantitative estimate of drug-likeness (QED) is 0.679. The fourth-order valence-electron chi connectivity index (χ4n) is 0.877. The predicted octanol–water partition coefficient (Wildman–Crippen LogP) is -0.0705. The number of carbonyl (C=O) groups excluding carboxylic acids is 2. The molecule has 1 rings (SSSR count). The third kappa shape index (κ3) is 2.73. The van der Waals surface area contributed by atoms with Gasteiger partial charge in [-0.2, -0.15) is 4.99 Å². The van der Waals surface area contributed by atoms with Crippen LogP contribution in [0.4, 0.5) is 4.79 Å². The largest absolute Gasteiger partial charge is 0.358 e. The van der Waals surface area contributed by atoms with Crippen LogP contribution in [0.1, 0.15) is 0 Å². The molecule has 72 valence electrons. The smallest absolute Gasteiger partial charge is 0.306 e. The molecule has 2 amide bonds. The van der Waals surface area contributed by atoms with Gasteiger partial charge in [-0.3, -0.25) is 9.59 Å². The molecule has 1 heterocycles. The maximum Gasteiger partial charge on any atom is 0.306 e. The first kappa shape index (κ1) is 10.0. The number of nitrogens with one attached hydrogen (secondary N) is 1. The number of carbonyl (C=O) groups is 2. The SMILES string of the molecule is CNC(=O)CN(C)C1=NC(=O)SC1. The van der Waals surface area contributed by atoms with Crippen LogP contribution in [0.3, 0.4) is 0 Å². The van der Waals surface area contributed by atoms with Crippen LogP contribution in [0.25, 0.3) is 0 Å². The summed E-state index contributed by atoms with van der Waals surface area (Å²) in [5, 5.41) is 2.32. The average Bonchev–Trinajstić information content (AvgIpc) is 2.51. The fraction of sp³-hybridized carbons (Fsp3) is 0.571. The van der Waals surface area contributed by atoms with Gasteiger partial charge in [0, 0.05) is 14.1 Å². The molecule has 0 spiro atoms. The van der Waals surface area contributed by atoms with Crippen LogP contribution in [0, 0.1) is 0 Å². The monoisotopic (exact) mass is 201 g/mol. The molecule has 0 saturated carbocycles. The molecule has 0 bridgehead atoms. The van der Waals surface area contributed by atoms with E-state index in [1.807, 2.05) is 0 Å². The molecule has 1 N–H and O–H groups in total. The third-order valence-corrected chi connectivity index (χ3v) is 2.39. The van der Waals surface area contributed by atoms with Crippen molar-refractivity contribution >= 4 is 28.7 Å². The van der Waals surface area contributed by atoms with Crippen LogP contribution in [0.15, 0.2) is 4.99 Å². The Balaban J connectivity index is 2.48. The number of aliphatic imine (C=N–C) groups is 1. The molecule has 0 aromatic heterocycles. The van der Waals surface area contributed by atoms with Crippen LogP contribution in [-0.2, 0) is 4.79 Å². The summed E-state index contributed by atoms with van der Waals surface area (Å²) in [7, 11) is 3.32. The van der Waals surface area contributed by atoms with E-state index in [9.17, 15) is 9.59 Å². The number of likely N-dealkylation sites (N-methyl/N-ethyl adjacent to an activating group) is 2. The van der Waals surface area contributed by atoms with E-state index >= 15 is 0 Å². The molecule has 0 aromatic rings. The number of nitrogens with zero attached hydrogens (tertiary/aromatic N) is 2. The summed E-state index contributed by atoms with van der Waals surface area (Å²) < 4.78 is 0. The summed E-state index contributed by atoms with van der Waals surface area (Å²) in [6.45, 7) is 0.239. The van der Waals surface area contributed by atoms with Gasteiger partial charge in [0.1, 0.15) is 5.84 Å². The number of rotatable bonds is 2. The van der Waals surface area contributed by atoms with Crippen LogP contribution in [0.2, 0.25) is 0 Å². The minimum absolute atomic E-state index is 0.0884. The van der Waals surface area contributed by atoms with E-state index in [0.29, 0.717) is 11.6 Å². The molecule has 0 saturated heterocycles. The van der Waals surface area contributed by atoms with Crippen molar-refractivity contribution in [3.63, 3.8) is 0 Å². The minimum atomic E-state index is -0.182. The van der Waals surface area contributed by atoms with Gasteiger partial charge in [-0.25, -0.2) is 0 Å². The Bertz CT molecular complexity index is 264. The van der Waals surface area contributed by atoms with Crippen molar-refractivity contribution in [3.8, 4) is 0 Å². The Morgan fingerprint density at radius 3 is 2.92 bits per heavy atom. The molecule has 1 aliphatic rings. The molecule has 0 atom stereocenters. The lowest BCUT2D eigenvalue weighted by Gasteiger charge is -2.16. The maximum atomic E-state index is 11.0. The van der Waals surface area contributed by atoms with Crippen molar-refractivity contribution in [2.24, 2.45) is 4.99 Å². The van der Waals surface area contributed by atoms with Crippen LogP contribution >= 0.6 is 11.8 Å². The van der Waals surface area contributed by atoms with Crippen LogP contribution < -0.4 is 5.32 Å². The summed E-state index contributed by atoms with van der Waals surface area (Å²) in [4.78, 5) is 27.2. The second kappa shape index (κ2) is 4.27. The molecule has 0 aromatic carbocycles. The Labute approximate surface area is 80.6 Å². The third-order valence-electron chi connectivity index (χ3n) is 1.65. The van der Waals surface area contributed by atoms with E-state index in [0.717, 1.165) is 11.8 Å². The molecular weight excluding hydrogens is 190 g/mol. The molecular formula is C7H11N3O2S. The molecule has 0 radical (unpaired) electrons. The lowest BCUT2D eigenvalue weighted by atomic mass is 10.5. The van der Waals surface area contributed by atoms with Crippen molar-refractivity contribution in [3.05, 3.63) is 0 Å². The van der Waals surface area contributed by atoms with Crippen molar-refractivity contribution in [1.82, 2.24) is 10.2 Å². The van der Waals surface area contributed by atoms with Gasteiger partial charge >= 0.3 is 5.24 Å². The fourth-order valence-corrected chi connectivity index (χ4v) is 1.58. The first-order chi connectivity index (χ1) is 6.13. The van der Waals surface area contributed by atoms with Gasteiger partial charge in [0.15, 0.2) is 0 Å². The van der Waals surface area contributed by atoms with E-state index < -0.39 is 0 Å². The molecule has 0 fully saturated rings. The van der Waals surface area contributed by atoms with E-state index in [4.69, 9.17) is 0 Å². The molecule has 13 heavy (non-hydrogen) atoms. The van der Waals surface area contributed by atoms with Crippen molar-refractivity contribution in [2.45, 2.75) is 0 Å². The van der Waals surface area contributed by atoms with Crippen molar-refractivity contribution < 1.29 is 9.59 Å². The number of hydrogen-bond donors (Lipinski definition) is 1. The number of amidine groups is 1. The summed E-state index contributed by atoms with van der Waals surface area (Å²) in [5.74, 6) is 1.14. The van der Waals surface area contributed by atoms with Gasteiger partial charge in [0.2, 0.25) is 5.91 Å². The number of amides is 2. The normalized spacial score (nSPS) is 15.5. The molecule has 1 aliphatic heterocycles. The lowest BCUT2D eigenvalue weighted by Crippen LogP contribution is -2.37. The first-order valence-corrected chi connectivity index (χ1v) is 4.78. The Morgan fingerprint density at radius 2 is 2.46 bits per heavy atom. The summed E-state index contributed by atoms with van der Waals surface area (Å²) in [5.41, 5.74) is 0. The molecule has 0 unspecified atom stereocenters. The highest BCUT2D eigenvalue weighted by molar-refractivity contribution is 8.14. The van der Waals surface area contributed by atoms with Crippen LogP contribution in [-0.4, -0.2) is 48.3 Å². The van der Waals surface area contributed by atoms with E-state index in [1.165, 1.54) is 0 Å². The standard InChI is InChI=1S/C7H11N3O2S/c1-8-6(11)3-10(2)5-4-13-7(12)9-5/h3-4H2,1-2H3,(H,8,11). The molecule has 5 nitrogen and oxygen atoms in total. The number of hydrogen-bond acceptors (Lipinski definition) is 4. The van der Waals surface area contributed by atoms with Gasteiger partial charge in [-0.15, -0.1) is 0 Å². The highest BCUT2D eigenvalue weighted by Crippen LogP contribution is 2.14. The van der Waals surface area contributed by atoms with Gasteiger partial charge in [0.05, 0.1) is 12.3 Å². The van der Waals surface area contributed by atoms with Gasteiger partial charge in [-0.05, 0) is 0 Å². The van der Waals surface area contributed by atoms with E-state index in [-0.39, 0.29) is 17.7 Å². The first-order valence-electron chi connectivity index (χ1n) is 3.79. The zero-order valence-corrected chi connectivity index (χ0v) is 8.35. The predicted molar refractivity (Wildman–Crippen MR) is 52.0 cm³/mol. The summed E-state index contributed by atoms with van der Waals surface area (Å²) in [6, 6.07) is 0. The Hall–Kier alpha value is -1.04. The van der Waals surface area contributed by atoms with Crippen molar-refractivity contribution in [1.29, 1.82) is 0 Å². The Kier molecular flexibility index (Phi) is 3.30. The zero-order valence-electron chi connectivity index (χ0n) is 7.53. The minimum Gasteiger partial charge on any atom is -0.358 e. The van der Waals surface area contributed by atoms with E-state index in [1.54, 1.807) is 19.0 Å². The van der Waals surface area contributed by atoms with E-state index in [2.05, 4.69) is 10.3 Å². The topological polar surface area (TPSA) is 61.8 Å². The maximum absolute atomic E-state index is 11.0. The van der Waals surface area contributed by atoms with Gasteiger partial charge < -0.3 is 10.2 Å². The average molecular weight is 201 g/mol. The van der Waals surface area contributed by atoms with Crippen molar-refractivity contribution in [2.75, 3.05) is 26.4 Å². The second-order valence-electron chi connectivity index (χ2n) is 2.61. The lowest BCUT2D eigenvalue weighted by molar-refractivity contribution is -0.120. The summed E-state index contributed by atoms with van der Waals surface area (Å²) >= 11 is 1.15. The Morgan fingerprint density at radius 1 is 1.77 bits per heavy atom. The van der Waals surface area contributed by atoms with Crippen LogP contribution in [0.5, 0.6) is 0 Å². The van der Waals surface area contributed by atoms with Gasteiger partial charge in [-0.1, -0.05) is 11.8 Å². The second-order valence-corrected chi connectivity index (χ2v) is 3.54. The summed E-state index contributed by atoms with van der Waals surface area (Å²) in [6.07, 6.45) is 0. The van der Waals surface area contributed by atoms with Gasteiger partial charge in [0.25, 0.3) is 0 Å².